The third-order valence-electron chi connectivity index (χ3n) is 4.11. The van der Waals surface area contributed by atoms with Crippen molar-refractivity contribution in [3.63, 3.8) is 0 Å². The molecule has 0 aliphatic rings. The van der Waals surface area contributed by atoms with Crippen LogP contribution in [0.4, 0.5) is 0 Å². The number of benzene rings is 2. The van der Waals surface area contributed by atoms with E-state index in [-0.39, 0.29) is 23.1 Å². The topological polar surface area (TPSA) is 85.6 Å². The Morgan fingerprint density at radius 2 is 1.74 bits per heavy atom. The van der Waals surface area contributed by atoms with E-state index in [9.17, 15) is 13.2 Å². The van der Waals surface area contributed by atoms with Crippen LogP contribution in [0.3, 0.4) is 0 Å². The predicted molar refractivity (Wildman–Crippen MR) is 100 cm³/mol. The summed E-state index contributed by atoms with van der Waals surface area (Å²) in [6.07, 6.45) is 1.41. The molecule has 1 heterocycles. The first-order chi connectivity index (χ1) is 13.0. The van der Waals surface area contributed by atoms with Gasteiger partial charge in [0.15, 0.2) is 9.84 Å². The highest BCUT2D eigenvalue weighted by molar-refractivity contribution is 7.91. The number of furan rings is 1. The van der Waals surface area contributed by atoms with Crippen LogP contribution in [0.1, 0.15) is 21.4 Å². The molecule has 0 spiro atoms. The lowest BCUT2D eigenvalue weighted by atomic mass is 10.2. The number of hydrogen-bond donors (Lipinski definition) is 1. The monoisotopic (exact) mass is 385 g/mol. The predicted octanol–water partition coefficient (Wildman–Crippen LogP) is 3.23. The molecule has 3 rings (SSSR count). The summed E-state index contributed by atoms with van der Waals surface area (Å²) in [5, 5.41) is 1.65. The number of amides is 1. The summed E-state index contributed by atoms with van der Waals surface area (Å²) in [5.41, 5.74) is 0.408. The first kappa shape index (κ1) is 18.7. The van der Waals surface area contributed by atoms with E-state index in [2.05, 4.69) is 5.32 Å². The number of methoxy groups -OCH3 is 1. The molecule has 0 unspecified atom stereocenters. The Balaban J connectivity index is 1.82. The molecule has 0 radical (unpaired) electrons. The molecule has 1 N–H and O–H groups in total. The zero-order valence-corrected chi connectivity index (χ0v) is 15.5. The molecule has 0 aliphatic carbocycles. The number of ether oxygens (including phenoxy) is 1. The molecular formula is C20H19NO5S. The molecule has 3 aromatic rings. The molecule has 0 saturated heterocycles. The molecule has 1 amide bonds. The Labute approximate surface area is 157 Å². The lowest BCUT2D eigenvalue weighted by Gasteiger charge is -2.17. The highest BCUT2D eigenvalue weighted by Gasteiger charge is 2.31. The van der Waals surface area contributed by atoms with Crippen molar-refractivity contribution < 1.29 is 22.4 Å². The second-order valence-electron chi connectivity index (χ2n) is 5.80. The summed E-state index contributed by atoms with van der Waals surface area (Å²) < 4.78 is 36.5. The molecule has 27 heavy (non-hydrogen) atoms. The molecule has 7 heteroatoms. The van der Waals surface area contributed by atoms with E-state index in [1.807, 2.05) is 0 Å². The van der Waals surface area contributed by atoms with Crippen LogP contribution >= 0.6 is 0 Å². The SMILES string of the molecule is COc1ccc(C(=O)NC[C@@H](c2ccco2)S(=O)(=O)c2ccccc2)cc1. The molecule has 1 aromatic heterocycles. The van der Waals surface area contributed by atoms with Crippen molar-refractivity contribution in [2.45, 2.75) is 10.1 Å². The van der Waals surface area contributed by atoms with Crippen molar-refractivity contribution in [3.05, 3.63) is 84.3 Å². The Morgan fingerprint density at radius 1 is 1.04 bits per heavy atom. The van der Waals surface area contributed by atoms with Crippen molar-refractivity contribution in [2.24, 2.45) is 0 Å². The van der Waals surface area contributed by atoms with Gasteiger partial charge in [0, 0.05) is 12.1 Å². The van der Waals surface area contributed by atoms with Crippen molar-refractivity contribution in [1.82, 2.24) is 5.32 Å². The van der Waals surface area contributed by atoms with E-state index in [4.69, 9.17) is 9.15 Å². The molecule has 6 nitrogen and oxygen atoms in total. The maximum absolute atomic E-state index is 13.0. The summed E-state index contributed by atoms with van der Waals surface area (Å²) in [6.45, 7) is -0.115. The Morgan fingerprint density at radius 3 is 2.33 bits per heavy atom. The Bertz CT molecular complexity index is 981. The number of nitrogens with one attached hydrogen (secondary N) is 1. The van der Waals surface area contributed by atoms with Crippen LogP contribution in [0, 0.1) is 0 Å². The fraction of sp³-hybridized carbons (Fsp3) is 0.150. The fourth-order valence-electron chi connectivity index (χ4n) is 2.64. The van der Waals surface area contributed by atoms with Crippen LogP contribution in [0.25, 0.3) is 0 Å². The van der Waals surface area contributed by atoms with E-state index >= 15 is 0 Å². The maximum Gasteiger partial charge on any atom is 0.251 e. The van der Waals surface area contributed by atoms with E-state index in [0.29, 0.717) is 11.3 Å². The third kappa shape index (κ3) is 4.20. The van der Waals surface area contributed by atoms with E-state index < -0.39 is 15.1 Å². The number of carbonyl (C=O) groups excluding carboxylic acids is 1. The second-order valence-corrected chi connectivity index (χ2v) is 7.93. The van der Waals surface area contributed by atoms with Crippen LogP contribution in [-0.4, -0.2) is 28.0 Å². The summed E-state index contributed by atoms with van der Waals surface area (Å²) in [7, 11) is -2.20. The van der Waals surface area contributed by atoms with E-state index in [1.165, 1.54) is 25.5 Å². The van der Waals surface area contributed by atoms with Gasteiger partial charge in [0.25, 0.3) is 5.91 Å². The summed E-state index contributed by atoms with van der Waals surface area (Å²) >= 11 is 0. The highest BCUT2D eigenvalue weighted by atomic mass is 32.2. The molecule has 0 saturated carbocycles. The van der Waals surface area contributed by atoms with Crippen molar-refractivity contribution >= 4 is 15.7 Å². The smallest absolute Gasteiger partial charge is 0.251 e. The molecule has 1 atom stereocenters. The largest absolute Gasteiger partial charge is 0.497 e. The lowest BCUT2D eigenvalue weighted by Crippen LogP contribution is -2.31. The maximum atomic E-state index is 13.0. The zero-order chi connectivity index (χ0) is 19.3. The number of sulfone groups is 1. The van der Waals surface area contributed by atoms with Crippen molar-refractivity contribution in [3.8, 4) is 5.75 Å². The molecule has 140 valence electrons. The van der Waals surface area contributed by atoms with Crippen LogP contribution < -0.4 is 10.1 Å². The summed E-state index contributed by atoms with van der Waals surface area (Å²) in [5.74, 6) is 0.526. The minimum Gasteiger partial charge on any atom is -0.497 e. The summed E-state index contributed by atoms with van der Waals surface area (Å²) in [4.78, 5) is 12.6. The van der Waals surface area contributed by atoms with E-state index in [1.54, 1.807) is 54.6 Å². The van der Waals surface area contributed by atoms with Gasteiger partial charge >= 0.3 is 0 Å². The van der Waals surface area contributed by atoms with Crippen LogP contribution in [0.5, 0.6) is 5.75 Å². The van der Waals surface area contributed by atoms with Gasteiger partial charge < -0.3 is 14.5 Å². The number of hydrogen-bond acceptors (Lipinski definition) is 5. The van der Waals surface area contributed by atoms with Gasteiger partial charge in [0.1, 0.15) is 16.8 Å². The quantitative estimate of drug-likeness (QED) is 0.675. The molecule has 0 bridgehead atoms. The van der Waals surface area contributed by atoms with Gasteiger partial charge in [-0.05, 0) is 48.5 Å². The Kier molecular flexibility index (Phi) is 5.61. The van der Waals surface area contributed by atoms with Crippen LogP contribution in [-0.2, 0) is 9.84 Å². The minimum atomic E-state index is -3.74. The average molecular weight is 385 g/mol. The fourth-order valence-corrected chi connectivity index (χ4v) is 4.25. The standard InChI is InChI=1S/C20H19NO5S/c1-25-16-11-9-15(10-12-16)20(22)21-14-19(18-8-5-13-26-18)27(23,24)17-6-3-2-4-7-17/h2-13,19H,14H2,1H3,(H,21,22)/t19-/m0/s1. The number of carbonyl (C=O) groups is 1. The Hall–Kier alpha value is -3.06. The van der Waals surface area contributed by atoms with Gasteiger partial charge in [-0.2, -0.15) is 0 Å². The number of rotatable bonds is 7. The molecule has 0 aliphatic heterocycles. The van der Waals surface area contributed by atoms with Crippen LogP contribution in [0.15, 0.2) is 82.3 Å². The molecular weight excluding hydrogens is 366 g/mol. The van der Waals surface area contributed by atoms with Gasteiger partial charge in [-0.3, -0.25) is 4.79 Å². The van der Waals surface area contributed by atoms with Crippen molar-refractivity contribution in [2.75, 3.05) is 13.7 Å². The van der Waals surface area contributed by atoms with Gasteiger partial charge in [0.05, 0.1) is 18.3 Å². The first-order valence-electron chi connectivity index (χ1n) is 8.27. The van der Waals surface area contributed by atoms with E-state index in [0.717, 1.165) is 0 Å². The summed E-state index contributed by atoms with van der Waals surface area (Å²) in [6, 6.07) is 17.9. The molecule has 2 aromatic carbocycles. The first-order valence-corrected chi connectivity index (χ1v) is 9.81. The van der Waals surface area contributed by atoms with Gasteiger partial charge in [-0.25, -0.2) is 8.42 Å². The normalized spacial score (nSPS) is 12.3. The average Bonchev–Trinajstić information content (AvgIpc) is 3.23. The van der Waals surface area contributed by atoms with Gasteiger partial charge in [0.2, 0.25) is 0 Å². The minimum absolute atomic E-state index is 0.115. The van der Waals surface area contributed by atoms with Gasteiger partial charge in [-0.15, -0.1) is 0 Å². The zero-order valence-electron chi connectivity index (χ0n) is 14.7. The third-order valence-corrected chi connectivity index (χ3v) is 6.18. The van der Waals surface area contributed by atoms with Crippen molar-refractivity contribution in [1.29, 1.82) is 0 Å². The highest BCUT2D eigenvalue weighted by Crippen LogP contribution is 2.28. The van der Waals surface area contributed by atoms with Crippen LogP contribution in [0.2, 0.25) is 0 Å². The van der Waals surface area contributed by atoms with Gasteiger partial charge in [-0.1, -0.05) is 18.2 Å². The molecule has 0 fully saturated rings. The lowest BCUT2D eigenvalue weighted by molar-refractivity contribution is 0.0953. The second kappa shape index (κ2) is 8.09.